The first-order chi connectivity index (χ1) is 14.2. The maximum atomic E-state index is 13.0. The summed E-state index contributed by atoms with van der Waals surface area (Å²) in [6.07, 6.45) is 7.08. The maximum absolute atomic E-state index is 13.0. The van der Waals surface area contributed by atoms with Gasteiger partial charge in [-0.3, -0.25) is 14.6 Å². The fraction of sp³-hybridized carbons (Fsp3) is 0.227. The Morgan fingerprint density at radius 3 is 2.66 bits per heavy atom. The number of furan rings is 1. The second-order valence-corrected chi connectivity index (χ2v) is 6.90. The number of carbonyl (C=O) groups is 2. The van der Waals surface area contributed by atoms with Crippen molar-refractivity contribution in [2.45, 2.75) is 19.4 Å². The number of hydrogen-bond acceptors (Lipinski definition) is 5. The third kappa shape index (κ3) is 4.45. The zero-order valence-electron chi connectivity index (χ0n) is 15.9. The van der Waals surface area contributed by atoms with E-state index in [-0.39, 0.29) is 17.6 Å². The molecular formula is C22H22N4O3. The van der Waals surface area contributed by atoms with Gasteiger partial charge in [0.2, 0.25) is 0 Å². The Morgan fingerprint density at radius 1 is 1.07 bits per heavy atom. The standard InChI is InChI=1S/C22H22N4O3/c27-21(24-15-16-5-3-9-23-14-16)18-13-17(25-22(28)20-6-4-12-29-20)7-8-19(18)26-10-1-2-11-26/h3-9,12-14H,1-2,10-11,15H2,(H,24,27)(H,25,28). The SMILES string of the molecule is O=C(Nc1ccc(N2CCCC2)c(C(=O)NCc2cccnc2)c1)c1ccco1. The van der Waals surface area contributed by atoms with Crippen LogP contribution in [0.15, 0.2) is 65.5 Å². The van der Waals surface area contributed by atoms with Gasteiger partial charge in [-0.1, -0.05) is 6.07 Å². The number of anilines is 2. The molecule has 4 rings (SSSR count). The molecule has 0 saturated carbocycles. The first kappa shape index (κ1) is 18.7. The van der Waals surface area contributed by atoms with E-state index >= 15 is 0 Å². The number of benzene rings is 1. The van der Waals surface area contributed by atoms with Gasteiger partial charge in [0.1, 0.15) is 0 Å². The molecule has 1 saturated heterocycles. The number of nitrogens with zero attached hydrogens (tertiary/aromatic N) is 2. The van der Waals surface area contributed by atoms with Crippen LogP contribution in [0.3, 0.4) is 0 Å². The highest BCUT2D eigenvalue weighted by molar-refractivity contribution is 6.05. The molecule has 0 radical (unpaired) electrons. The number of aromatic nitrogens is 1. The Morgan fingerprint density at radius 2 is 1.93 bits per heavy atom. The van der Waals surface area contributed by atoms with E-state index in [0.717, 1.165) is 37.2 Å². The third-order valence-electron chi connectivity index (χ3n) is 4.87. The van der Waals surface area contributed by atoms with Crippen LogP contribution in [0.2, 0.25) is 0 Å². The Hall–Kier alpha value is -3.61. The van der Waals surface area contributed by atoms with Gasteiger partial charge in [-0.05, 0) is 54.8 Å². The molecule has 2 N–H and O–H groups in total. The van der Waals surface area contributed by atoms with Crippen LogP contribution in [0.25, 0.3) is 0 Å². The molecule has 1 aliphatic heterocycles. The van der Waals surface area contributed by atoms with Crippen LogP contribution < -0.4 is 15.5 Å². The lowest BCUT2D eigenvalue weighted by atomic mass is 10.1. The molecule has 7 nitrogen and oxygen atoms in total. The molecule has 1 aromatic carbocycles. The Labute approximate surface area is 168 Å². The molecule has 0 unspecified atom stereocenters. The topological polar surface area (TPSA) is 87.5 Å². The van der Waals surface area contributed by atoms with E-state index in [9.17, 15) is 9.59 Å². The Kier molecular flexibility index (Phi) is 5.56. The minimum Gasteiger partial charge on any atom is -0.459 e. The van der Waals surface area contributed by atoms with Crippen molar-refractivity contribution in [3.05, 3.63) is 78.0 Å². The zero-order valence-corrected chi connectivity index (χ0v) is 15.9. The van der Waals surface area contributed by atoms with Gasteiger partial charge in [0, 0.05) is 43.4 Å². The molecule has 1 fully saturated rings. The number of carbonyl (C=O) groups excluding carboxylic acids is 2. The van der Waals surface area contributed by atoms with E-state index < -0.39 is 0 Å². The third-order valence-corrected chi connectivity index (χ3v) is 4.87. The number of nitrogens with one attached hydrogen (secondary N) is 2. The summed E-state index contributed by atoms with van der Waals surface area (Å²) < 4.78 is 5.13. The molecule has 0 atom stereocenters. The average Bonchev–Trinajstić information content (AvgIpc) is 3.47. The highest BCUT2D eigenvalue weighted by Gasteiger charge is 2.21. The van der Waals surface area contributed by atoms with Crippen LogP contribution in [0.1, 0.15) is 39.3 Å². The highest BCUT2D eigenvalue weighted by Crippen LogP contribution is 2.28. The molecule has 3 heterocycles. The largest absolute Gasteiger partial charge is 0.459 e. The van der Waals surface area contributed by atoms with E-state index in [1.165, 1.54) is 6.26 Å². The fourth-order valence-corrected chi connectivity index (χ4v) is 3.41. The van der Waals surface area contributed by atoms with Crippen molar-refractivity contribution in [2.24, 2.45) is 0 Å². The highest BCUT2D eigenvalue weighted by atomic mass is 16.3. The Bertz CT molecular complexity index is 981. The van der Waals surface area contributed by atoms with Crippen molar-refractivity contribution < 1.29 is 14.0 Å². The summed E-state index contributed by atoms with van der Waals surface area (Å²) in [7, 11) is 0. The first-order valence-corrected chi connectivity index (χ1v) is 9.62. The van der Waals surface area contributed by atoms with Crippen LogP contribution in [0.4, 0.5) is 11.4 Å². The molecule has 0 bridgehead atoms. The molecule has 2 aromatic heterocycles. The van der Waals surface area contributed by atoms with Crippen LogP contribution in [0, 0.1) is 0 Å². The molecule has 0 aliphatic carbocycles. The van der Waals surface area contributed by atoms with Crippen LogP contribution in [0.5, 0.6) is 0 Å². The normalized spacial score (nSPS) is 13.3. The van der Waals surface area contributed by atoms with Crippen molar-refractivity contribution in [3.8, 4) is 0 Å². The number of pyridine rings is 1. The summed E-state index contributed by atoms with van der Waals surface area (Å²) in [6.45, 7) is 2.22. The summed E-state index contributed by atoms with van der Waals surface area (Å²) in [6, 6.07) is 12.4. The van der Waals surface area contributed by atoms with E-state index in [4.69, 9.17) is 4.42 Å². The van der Waals surface area contributed by atoms with E-state index in [2.05, 4.69) is 20.5 Å². The molecular weight excluding hydrogens is 368 g/mol. The first-order valence-electron chi connectivity index (χ1n) is 9.62. The van der Waals surface area contributed by atoms with Gasteiger partial charge in [0.15, 0.2) is 5.76 Å². The smallest absolute Gasteiger partial charge is 0.291 e. The maximum Gasteiger partial charge on any atom is 0.291 e. The second-order valence-electron chi connectivity index (χ2n) is 6.90. The van der Waals surface area contributed by atoms with Crippen molar-refractivity contribution in [1.29, 1.82) is 0 Å². The number of hydrogen-bond donors (Lipinski definition) is 2. The number of rotatable bonds is 6. The van der Waals surface area contributed by atoms with Gasteiger partial charge in [0.05, 0.1) is 11.8 Å². The van der Waals surface area contributed by atoms with Gasteiger partial charge in [0.25, 0.3) is 11.8 Å². The molecule has 1 aliphatic rings. The lowest BCUT2D eigenvalue weighted by Gasteiger charge is -2.22. The van der Waals surface area contributed by atoms with Gasteiger partial charge < -0.3 is 20.0 Å². The molecule has 29 heavy (non-hydrogen) atoms. The van der Waals surface area contributed by atoms with Crippen LogP contribution >= 0.6 is 0 Å². The minimum absolute atomic E-state index is 0.190. The van der Waals surface area contributed by atoms with E-state index in [1.54, 1.807) is 30.6 Å². The van der Waals surface area contributed by atoms with Crippen molar-refractivity contribution >= 4 is 23.2 Å². The summed E-state index contributed by atoms with van der Waals surface area (Å²) >= 11 is 0. The van der Waals surface area contributed by atoms with E-state index in [1.807, 2.05) is 24.3 Å². The van der Waals surface area contributed by atoms with Gasteiger partial charge in [-0.25, -0.2) is 0 Å². The molecule has 7 heteroatoms. The zero-order chi connectivity index (χ0) is 20.1. The molecule has 3 aromatic rings. The van der Waals surface area contributed by atoms with Gasteiger partial charge in [-0.2, -0.15) is 0 Å². The van der Waals surface area contributed by atoms with Crippen LogP contribution in [-0.4, -0.2) is 29.9 Å². The molecule has 2 amide bonds. The van der Waals surface area contributed by atoms with E-state index in [0.29, 0.717) is 17.8 Å². The predicted molar refractivity (Wildman–Crippen MR) is 110 cm³/mol. The average molecular weight is 390 g/mol. The van der Waals surface area contributed by atoms with Gasteiger partial charge in [-0.15, -0.1) is 0 Å². The minimum atomic E-state index is -0.356. The summed E-state index contributed by atoms with van der Waals surface area (Å²) in [5.74, 6) is -0.327. The lowest BCUT2D eigenvalue weighted by Crippen LogP contribution is -2.27. The number of amides is 2. The van der Waals surface area contributed by atoms with Gasteiger partial charge >= 0.3 is 0 Å². The summed E-state index contributed by atoms with van der Waals surface area (Å²) in [4.78, 5) is 31.5. The van der Waals surface area contributed by atoms with Crippen LogP contribution in [-0.2, 0) is 6.54 Å². The quantitative estimate of drug-likeness (QED) is 0.673. The molecule has 148 valence electrons. The Balaban J connectivity index is 1.56. The second kappa shape index (κ2) is 8.60. The molecule has 0 spiro atoms. The van der Waals surface area contributed by atoms with Crippen molar-refractivity contribution in [1.82, 2.24) is 10.3 Å². The van der Waals surface area contributed by atoms with Crippen molar-refractivity contribution in [3.63, 3.8) is 0 Å². The predicted octanol–water partition coefficient (Wildman–Crippen LogP) is 3.46. The summed E-state index contributed by atoms with van der Waals surface area (Å²) in [5.41, 5.74) is 2.88. The van der Waals surface area contributed by atoms with Crippen molar-refractivity contribution in [2.75, 3.05) is 23.3 Å². The fourth-order valence-electron chi connectivity index (χ4n) is 3.41. The summed E-state index contributed by atoms with van der Waals surface area (Å²) in [5, 5.41) is 5.74. The monoisotopic (exact) mass is 390 g/mol. The lowest BCUT2D eigenvalue weighted by molar-refractivity contribution is 0.0949.